The second-order valence-electron chi connectivity index (χ2n) is 4.22. The highest BCUT2D eigenvalue weighted by atomic mass is 16.6. The average Bonchev–Trinajstić information content (AvgIpc) is 2.24. The topological polar surface area (TPSA) is 151 Å². The molecular formula is C10H20N4O4. The van der Waals surface area contributed by atoms with Crippen LogP contribution in [-0.4, -0.2) is 30.2 Å². The van der Waals surface area contributed by atoms with E-state index in [1.165, 1.54) is 0 Å². The predicted molar refractivity (Wildman–Crippen MR) is 63.8 cm³/mol. The third-order valence-corrected chi connectivity index (χ3v) is 2.19. The van der Waals surface area contributed by atoms with Crippen molar-refractivity contribution in [2.75, 3.05) is 0 Å². The molecule has 0 aromatic carbocycles. The van der Waals surface area contributed by atoms with Crippen LogP contribution in [0.15, 0.2) is 0 Å². The molecule has 8 heteroatoms. The van der Waals surface area contributed by atoms with Crippen molar-refractivity contribution >= 4 is 18.0 Å². The van der Waals surface area contributed by atoms with Crippen molar-refractivity contribution in [2.45, 2.75) is 38.9 Å². The Bertz CT molecular complexity index is 319. The predicted octanol–water partition coefficient (Wildman–Crippen LogP) is -1.23. The number of amides is 2. The summed E-state index contributed by atoms with van der Waals surface area (Å²) < 4.78 is 4.53. The van der Waals surface area contributed by atoms with E-state index in [1.807, 2.05) is 0 Å². The highest BCUT2D eigenvalue weighted by molar-refractivity contribution is 5.88. The van der Waals surface area contributed by atoms with Crippen LogP contribution in [-0.2, 0) is 14.3 Å². The third kappa shape index (κ3) is 6.81. The van der Waals surface area contributed by atoms with E-state index in [2.05, 4.69) is 10.1 Å². The maximum absolute atomic E-state index is 11.3. The number of carbonyl (C=O) groups is 3. The molecule has 2 atom stereocenters. The maximum Gasteiger partial charge on any atom is 0.330 e. The van der Waals surface area contributed by atoms with E-state index in [0.717, 1.165) is 0 Å². The minimum atomic E-state index is -0.841. The number of urea groups is 1. The number of hydrogen-bond acceptors (Lipinski definition) is 6. The molecule has 0 bridgehead atoms. The van der Waals surface area contributed by atoms with E-state index in [9.17, 15) is 14.4 Å². The van der Waals surface area contributed by atoms with Gasteiger partial charge in [0.1, 0.15) is 6.04 Å². The van der Waals surface area contributed by atoms with Crippen molar-refractivity contribution in [3.05, 3.63) is 0 Å². The first-order chi connectivity index (χ1) is 8.23. The lowest BCUT2D eigenvalue weighted by atomic mass is 10.1. The van der Waals surface area contributed by atoms with Crippen LogP contribution in [0.4, 0.5) is 4.79 Å². The summed E-state index contributed by atoms with van der Waals surface area (Å²) in [7, 11) is 0. The van der Waals surface area contributed by atoms with E-state index >= 15 is 0 Å². The second kappa shape index (κ2) is 7.62. The molecule has 0 spiro atoms. The van der Waals surface area contributed by atoms with Crippen LogP contribution in [0.5, 0.6) is 0 Å². The van der Waals surface area contributed by atoms with Gasteiger partial charge >= 0.3 is 18.0 Å². The van der Waals surface area contributed by atoms with Crippen LogP contribution in [0.25, 0.3) is 0 Å². The molecule has 0 heterocycles. The number of ether oxygens (including phenoxy) is 1. The third-order valence-electron chi connectivity index (χ3n) is 2.19. The zero-order valence-corrected chi connectivity index (χ0v) is 10.5. The number of carbonyl (C=O) groups excluding carboxylic acids is 3. The molecule has 0 saturated heterocycles. The van der Waals surface area contributed by atoms with Gasteiger partial charge in [-0.2, -0.15) is 0 Å². The van der Waals surface area contributed by atoms with Gasteiger partial charge in [0.15, 0.2) is 0 Å². The fourth-order valence-corrected chi connectivity index (χ4v) is 1.03. The largest absolute Gasteiger partial charge is 0.392 e. The summed E-state index contributed by atoms with van der Waals surface area (Å²) in [5, 5.41) is 2.19. The van der Waals surface area contributed by atoms with Crippen LogP contribution in [0.1, 0.15) is 26.7 Å². The molecule has 0 aliphatic heterocycles. The molecule has 0 aliphatic carbocycles. The highest BCUT2D eigenvalue weighted by Crippen LogP contribution is 2.02. The van der Waals surface area contributed by atoms with E-state index in [1.54, 1.807) is 13.8 Å². The Morgan fingerprint density at radius 1 is 1.22 bits per heavy atom. The van der Waals surface area contributed by atoms with Gasteiger partial charge in [-0.1, -0.05) is 13.8 Å². The van der Waals surface area contributed by atoms with E-state index in [-0.39, 0.29) is 18.8 Å². The minimum absolute atomic E-state index is 0.113. The number of primary amides is 1. The van der Waals surface area contributed by atoms with Gasteiger partial charge in [-0.05, 0) is 12.3 Å². The number of esters is 2. The normalized spacial score (nSPS) is 13.8. The Morgan fingerprint density at radius 3 is 2.22 bits per heavy atom. The SMILES string of the molecule is CC(C)[C@H](N)C(=O)OC(=O)CCC(N)NC(N)=O. The molecule has 1 unspecified atom stereocenters. The Morgan fingerprint density at radius 2 is 1.78 bits per heavy atom. The molecule has 0 aromatic heterocycles. The van der Waals surface area contributed by atoms with Gasteiger partial charge < -0.3 is 27.3 Å². The first-order valence-corrected chi connectivity index (χ1v) is 5.55. The van der Waals surface area contributed by atoms with Crippen molar-refractivity contribution in [1.29, 1.82) is 0 Å². The lowest BCUT2D eigenvalue weighted by Gasteiger charge is -2.14. The van der Waals surface area contributed by atoms with Crippen LogP contribution >= 0.6 is 0 Å². The molecule has 0 radical (unpaired) electrons. The highest BCUT2D eigenvalue weighted by Gasteiger charge is 2.22. The molecule has 104 valence electrons. The second-order valence-corrected chi connectivity index (χ2v) is 4.22. The maximum atomic E-state index is 11.3. The summed E-state index contributed by atoms with van der Waals surface area (Å²) in [5.74, 6) is -1.63. The lowest BCUT2D eigenvalue weighted by Crippen LogP contribution is -2.44. The van der Waals surface area contributed by atoms with Crippen molar-refractivity contribution in [2.24, 2.45) is 23.1 Å². The fraction of sp³-hybridized carbons (Fsp3) is 0.700. The molecule has 0 rings (SSSR count). The van der Waals surface area contributed by atoms with Gasteiger partial charge in [0, 0.05) is 6.42 Å². The Hall–Kier alpha value is -1.67. The molecule has 18 heavy (non-hydrogen) atoms. The van der Waals surface area contributed by atoms with Gasteiger partial charge in [-0.3, -0.25) is 4.79 Å². The van der Waals surface area contributed by atoms with Gasteiger partial charge in [0.25, 0.3) is 0 Å². The molecular weight excluding hydrogens is 240 g/mol. The summed E-state index contributed by atoms with van der Waals surface area (Å²) in [6, 6.07) is -1.62. The Balaban J connectivity index is 3.98. The van der Waals surface area contributed by atoms with Crippen molar-refractivity contribution in [3.8, 4) is 0 Å². The molecule has 7 N–H and O–H groups in total. The number of hydrogen-bond donors (Lipinski definition) is 4. The number of nitrogens with one attached hydrogen (secondary N) is 1. The first-order valence-electron chi connectivity index (χ1n) is 5.55. The molecule has 0 fully saturated rings. The molecule has 0 saturated carbocycles. The lowest BCUT2D eigenvalue weighted by molar-refractivity contribution is -0.161. The molecule has 0 aliphatic rings. The summed E-state index contributed by atoms with van der Waals surface area (Å²) in [4.78, 5) is 33.0. The minimum Gasteiger partial charge on any atom is -0.392 e. The van der Waals surface area contributed by atoms with Gasteiger partial charge in [-0.25, -0.2) is 9.59 Å². The summed E-state index contributed by atoms with van der Waals surface area (Å²) in [5.41, 5.74) is 15.8. The monoisotopic (exact) mass is 260 g/mol. The summed E-state index contributed by atoms with van der Waals surface area (Å²) >= 11 is 0. The van der Waals surface area contributed by atoms with Crippen molar-refractivity contribution < 1.29 is 19.1 Å². The zero-order valence-electron chi connectivity index (χ0n) is 10.5. The van der Waals surface area contributed by atoms with Gasteiger partial charge in [0.05, 0.1) is 6.17 Å². The molecule has 2 amide bonds. The van der Waals surface area contributed by atoms with Crippen LogP contribution in [0, 0.1) is 5.92 Å². The number of nitrogens with two attached hydrogens (primary N) is 3. The molecule has 8 nitrogen and oxygen atoms in total. The summed E-state index contributed by atoms with van der Waals surface area (Å²) in [6.45, 7) is 3.48. The smallest absolute Gasteiger partial charge is 0.330 e. The van der Waals surface area contributed by atoms with E-state index in [0.29, 0.717) is 0 Å². The van der Waals surface area contributed by atoms with Crippen molar-refractivity contribution in [3.63, 3.8) is 0 Å². The molecule has 0 aromatic rings. The van der Waals surface area contributed by atoms with Crippen molar-refractivity contribution in [1.82, 2.24) is 5.32 Å². The summed E-state index contributed by atoms with van der Waals surface area (Å²) in [6.07, 6.45) is -0.756. The Kier molecular flexibility index (Phi) is 6.91. The van der Waals surface area contributed by atoms with Gasteiger partial charge in [-0.15, -0.1) is 0 Å². The number of rotatable bonds is 6. The van der Waals surface area contributed by atoms with Crippen LogP contribution < -0.4 is 22.5 Å². The zero-order chi connectivity index (χ0) is 14.3. The van der Waals surface area contributed by atoms with E-state index in [4.69, 9.17) is 17.2 Å². The van der Waals surface area contributed by atoms with Gasteiger partial charge in [0.2, 0.25) is 0 Å². The average molecular weight is 260 g/mol. The first kappa shape index (κ1) is 16.3. The standard InChI is InChI=1S/C10H20N4O4/c1-5(2)8(12)9(16)18-7(15)4-3-6(11)14-10(13)17/h5-6,8H,3-4,11-12H2,1-2H3,(H3,13,14,17)/t6?,8-/m0/s1. The quantitative estimate of drug-likeness (QED) is 0.267. The Labute approximate surface area is 105 Å². The fourth-order valence-electron chi connectivity index (χ4n) is 1.03. The van der Waals surface area contributed by atoms with Crippen LogP contribution in [0.3, 0.4) is 0 Å². The van der Waals surface area contributed by atoms with E-state index < -0.39 is 30.2 Å². The van der Waals surface area contributed by atoms with Crippen LogP contribution in [0.2, 0.25) is 0 Å².